The van der Waals surface area contributed by atoms with Crippen LogP contribution in [-0.4, -0.2) is 75.8 Å². The molecule has 1 fully saturated rings. The first-order valence-corrected chi connectivity index (χ1v) is 12.5. The first-order valence-electron chi connectivity index (χ1n) is 12.5. The Labute approximate surface area is 211 Å². The standard InChI is InChI=1S/C27H33N7O2/c1-3-33-11-13-34(14-12-33)15-16-35-27-24-25(28-19-29-26(24)31-32-27)30-22-9-10-23(20(2)17-22)36-18-21-7-5-4-6-8-21/h4-10,17,19H,3,11-16,18H2,1-2H3,(H2,28,29,30,31,32). The predicted octanol–water partition coefficient (Wildman–Crippen LogP) is 4.00. The quantitative estimate of drug-likeness (QED) is 0.347. The van der Waals surface area contributed by atoms with Crippen LogP contribution in [0.4, 0.5) is 11.5 Å². The second-order valence-electron chi connectivity index (χ2n) is 8.98. The fraction of sp³-hybridized carbons (Fsp3) is 0.370. The van der Waals surface area contributed by atoms with E-state index >= 15 is 0 Å². The summed E-state index contributed by atoms with van der Waals surface area (Å²) in [6, 6.07) is 16.2. The highest BCUT2D eigenvalue weighted by Crippen LogP contribution is 2.31. The van der Waals surface area contributed by atoms with Crippen LogP contribution in [-0.2, 0) is 6.61 Å². The number of fused-ring (bicyclic) bond motifs is 1. The molecule has 0 amide bonds. The number of nitrogens with one attached hydrogen (secondary N) is 2. The molecule has 0 spiro atoms. The van der Waals surface area contributed by atoms with Crippen molar-refractivity contribution in [3.63, 3.8) is 0 Å². The van der Waals surface area contributed by atoms with Gasteiger partial charge in [-0.3, -0.25) is 10.00 Å². The molecule has 9 heteroatoms. The summed E-state index contributed by atoms with van der Waals surface area (Å²) in [5.74, 6) is 2.02. The Hall–Kier alpha value is -3.69. The molecule has 0 bridgehead atoms. The van der Waals surface area contributed by atoms with Crippen LogP contribution in [0.1, 0.15) is 18.1 Å². The van der Waals surface area contributed by atoms with Crippen LogP contribution in [0.5, 0.6) is 11.6 Å². The number of hydrogen-bond acceptors (Lipinski definition) is 8. The summed E-state index contributed by atoms with van der Waals surface area (Å²) in [4.78, 5) is 13.7. The van der Waals surface area contributed by atoms with Gasteiger partial charge in [0.1, 0.15) is 36.5 Å². The van der Waals surface area contributed by atoms with Gasteiger partial charge in [-0.2, -0.15) is 0 Å². The van der Waals surface area contributed by atoms with Gasteiger partial charge >= 0.3 is 0 Å². The Morgan fingerprint density at radius 2 is 1.78 bits per heavy atom. The maximum Gasteiger partial charge on any atom is 0.246 e. The van der Waals surface area contributed by atoms with Crippen molar-refractivity contribution >= 4 is 22.5 Å². The molecular weight excluding hydrogens is 454 g/mol. The van der Waals surface area contributed by atoms with Gasteiger partial charge in [-0.25, -0.2) is 9.97 Å². The zero-order valence-corrected chi connectivity index (χ0v) is 20.9. The summed E-state index contributed by atoms with van der Waals surface area (Å²) in [6.07, 6.45) is 1.52. The van der Waals surface area contributed by atoms with Gasteiger partial charge in [0.25, 0.3) is 0 Å². The van der Waals surface area contributed by atoms with Crippen molar-refractivity contribution in [2.24, 2.45) is 0 Å². The number of hydrogen-bond donors (Lipinski definition) is 2. The second-order valence-corrected chi connectivity index (χ2v) is 8.98. The number of nitrogens with zero attached hydrogens (tertiary/aromatic N) is 5. The minimum atomic E-state index is 0.514. The number of likely N-dealkylation sites (N-methyl/N-ethyl adjacent to an activating group) is 1. The number of H-pyrrole nitrogens is 1. The van der Waals surface area contributed by atoms with Gasteiger partial charge in [-0.15, -0.1) is 5.10 Å². The monoisotopic (exact) mass is 487 g/mol. The van der Waals surface area contributed by atoms with E-state index in [-0.39, 0.29) is 0 Å². The lowest BCUT2D eigenvalue weighted by atomic mass is 10.2. The largest absolute Gasteiger partial charge is 0.489 e. The molecule has 0 unspecified atom stereocenters. The van der Waals surface area contributed by atoms with Gasteiger partial charge in [0, 0.05) is 38.4 Å². The van der Waals surface area contributed by atoms with E-state index in [1.54, 1.807) is 0 Å². The number of anilines is 2. The molecule has 0 radical (unpaired) electrons. The van der Waals surface area contributed by atoms with Crippen LogP contribution in [0, 0.1) is 6.92 Å². The number of aromatic amines is 1. The lowest BCUT2D eigenvalue weighted by Crippen LogP contribution is -2.47. The molecule has 1 aliphatic heterocycles. The van der Waals surface area contributed by atoms with E-state index in [0.29, 0.717) is 30.6 Å². The third-order valence-electron chi connectivity index (χ3n) is 6.56. The van der Waals surface area contributed by atoms with Crippen molar-refractivity contribution in [1.82, 2.24) is 30.0 Å². The minimum Gasteiger partial charge on any atom is -0.489 e. The average Bonchev–Trinajstić information content (AvgIpc) is 3.33. The highest BCUT2D eigenvalue weighted by Gasteiger charge is 2.18. The normalized spacial score (nSPS) is 14.7. The number of aryl methyl sites for hydroxylation is 1. The van der Waals surface area contributed by atoms with Gasteiger partial charge < -0.3 is 19.7 Å². The third kappa shape index (κ3) is 5.75. The van der Waals surface area contributed by atoms with Crippen molar-refractivity contribution in [2.45, 2.75) is 20.5 Å². The van der Waals surface area contributed by atoms with Crippen molar-refractivity contribution in [2.75, 3.05) is 51.2 Å². The zero-order chi connectivity index (χ0) is 24.7. The molecule has 1 aliphatic rings. The van der Waals surface area contributed by atoms with E-state index in [2.05, 4.69) is 54.3 Å². The molecule has 0 aliphatic carbocycles. The van der Waals surface area contributed by atoms with Gasteiger partial charge in [-0.05, 0) is 42.8 Å². The van der Waals surface area contributed by atoms with Crippen LogP contribution in [0.25, 0.3) is 11.0 Å². The maximum absolute atomic E-state index is 6.07. The number of rotatable bonds is 10. The van der Waals surface area contributed by atoms with Crippen LogP contribution in [0.3, 0.4) is 0 Å². The van der Waals surface area contributed by atoms with Crippen molar-refractivity contribution in [3.8, 4) is 11.6 Å². The molecule has 36 heavy (non-hydrogen) atoms. The van der Waals surface area contributed by atoms with Crippen molar-refractivity contribution in [3.05, 3.63) is 66.0 Å². The van der Waals surface area contributed by atoms with E-state index in [0.717, 1.165) is 67.2 Å². The number of benzene rings is 2. The molecule has 5 rings (SSSR count). The van der Waals surface area contributed by atoms with Gasteiger partial charge in [0.2, 0.25) is 5.88 Å². The Morgan fingerprint density at radius 1 is 0.972 bits per heavy atom. The molecule has 2 N–H and O–H groups in total. The Morgan fingerprint density at radius 3 is 2.56 bits per heavy atom. The summed E-state index contributed by atoms with van der Waals surface area (Å²) in [7, 11) is 0. The van der Waals surface area contributed by atoms with E-state index in [1.807, 2.05) is 43.3 Å². The fourth-order valence-corrected chi connectivity index (χ4v) is 4.39. The lowest BCUT2D eigenvalue weighted by Gasteiger charge is -2.33. The lowest BCUT2D eigenvalue weighted by molar-refractivity contribution is 0.120. The van der Waals surface area contributed by atoms with Crippen molar-refractivity contribution in [1.29, 1.82) is 0 Å². The number of ether oxygens (including phenoxy) is 2. The SMILES string of the molecule is CCN1CCN(CCOc2n[nH]c3ncnc(Nc4ccc(OCc5ccccc5)c(C)c4)c23)CC1. The smallest absolute Gasteiger partial charge is 0.246 e. The first-order chi connectivity index (χ1) is 17.7. The van der Waals surface area contributed by atoms with E-state index in [4.69, 9.17) is 9.47 Å². The minimum absolute atomic E-state index is 0.514. The molecule has 1 saturated heterocycles. The highest BCUT2D eigenvalue weighted by atomic mass is 16.5. The molecule has 2 aromatic heterocycles. The second kappa shape index (κ2) is 11.4. The maximum atomic E-state index is 6.07. The van der Waals surface area contributed by atoms with Crippen LogP contribution in [0.2, 0.25) is 0 Å². The van der Waals surface area contributed by atoms with Crippen LogP contribution < -0.4 is 14.8 Å². The average molecular weight is 488 g/mol. The summed E-state index contributed by atoms with van der Waals surface area (Å²) < 4.78 is 12.1. The third-order valence-corrected chi connectivity index (χ3v) is 6.56. The molecule has 3 heterocycles. The Balaban J connectivity index is 1.23. The number of aromatic nitrogens is 4. The Bertz CT molecular complexity index is 1270. The highest BCUT2D eigenvalue weighted by molar-refractivity contribution is 5.92. The van der Waals surface area contributed by atoms with E-state index < -0.39 is 0 Å². The summed E-state index contributed by atoms with van der Waals surface area (Å²) in [5.41, 5.74) is 3.71. The zero-order valence-electron chi connectivity index (χ0n) is 20.9. The van der Waals surface area contributed by atoms with Crippen LogP contribution in [0.15, 0.2) is 54.9 Å². The topological polar surface area (TPSA) is 91.4 Å². The van der Waals surface area contributed by atoms with E-state index in [9.17, 15) is 0 Å². The fourth-order valence-electron chi connectivity index (χ4n) is 4.39. The summed E-state index contributed by atoms with van der Waals surface area (Å²) in [6.45, 7) is 11.7. The molecular formula is C27H33N7O2. The summed E-state index contributed by atoms with van der Waals surface area (Å²) >= 11 is 0. The molecule has 9 nitrogen and oxygen atoms in total. The van der Waals surface area contributed by atoms with Crippen LogP contribution >= 0.6 is 0 Å². The van der Waals surface area contributed by atoms with Crippen molar-refractivity contribution < 1.29 is 9.47 Å². The van der Waals surface area contributed by atoms with Gasteiger partial charge in [0.05, 0.1) is 0 Å². The summed E-state index contributed by atoms with van der Waals surface area (Å²) in [5, 5.41) is 11.5. The van der Waals surface area contributed by atoms with Gasteiger partial charge in [0.15, 0.2) is 5.65 Å². The molecule has 188 valence electrons. The molecule has 4 aromatic rings. The van der Waals surface area contributed by atoms with E-state index in [1.165, 1.54) is 6.33 Å². The first kappa shape index (κ1) is 24.0. The predicted molar refractivity (Wildman–Crippen MR) is 141 cm³/mol. The molecule has 0 saturated carbocycles. The number of piperazine rings is 1. The molecule has 0 atom stereocenters. The Kier molecular flexibility index (Phi) is 7.58. The molecule has 2 aromatic carbocycles. The van der Waals surface area contributed by atoms with Gasteiger partial charge in [-0.1, -0.05) is 37.3 Å².